The van der Waals surface area contributed by atoms with Crippen LogP contribution in [0, 0.1) is 5.82 Å². The quantitative estimate of drug-likeness (QED) is 0.628. The Morgan fingerprint density at radius 1 is 1.07 bits per heavy atom. The van der Waals surface area contributed by atoms with E-state index in [9.17, 15) is 12.8 Å². The number of nitrogens with two attached hydrogens (primary N) is 1. The molecule has 0 bridgehead atoms. The third-order valence-electron chi connectivity index (χ3n) is 4.65. The second-order valence-electron chi connectivity index (χ2n) is 6.71. The minimum atomic E-state index is -3.88. The van der Waals surface area contributed by atoms with Gasteiger partial charge in [-0.25, -0.2) is 17.9 Å². The van der Waals surface area contributed by atoms with Crippen LogP contribution in [0.3, 0.4) is 0 Å². The number of nitrogens with zero attached hydrogens (tertiary/aromatic N) is 1. The molecule has 0 fully saturated rings. The van der Waals surface area contributed by atoms with Crippen molar-refractivity contribution in [3.63, 3.8) is 0 Å². The van der Waals surface area contributed by atoms with Gasteiger partial charge in [0.15, 0.2) is 11.5 Å². The number of methoxy groups -OCH3 is 2. The van der Waals surface area contributed by atoms with Crippen molar-refractivity contribution in [3.05, 3.63) is 47.8 Å². The molecule has 0 amide bonds. The van der Waals surface area contributed by atoms with Crippen molar-refractivity contribution in [1.82, 2.24) is 4.90 Å². The van der Waals surface area contributed by atoms with Crippen LogP contribution in [0.15, 0.2) is 41.3 Å². The van der Waals surface area contributed by atoms with Crippen molar-refractivity contribution in [3.8, 4) is 17.2 Å². The highest BCUT2D eigenvalue weighted by Gasteiger charge is 2.17. The van der Waals surface area contributed by atoms with Crippen LogP contribution in [-0.2, 0) is 16.4 Å². The van der Waals surface area contributed by atoms with Crippen LogP contribution in [0.2, 0.25) is 0 Å². The molecular weight excluding hydrogens is 399 g/mol. The number of ether oxygens (including phenoxy) is 3. The number of likely N-dealkylation sites (N-methyl/N-ethyl adjacent to an activating group) is 1. The first-order valence-electron chi connectivity index (χ1n) is 9.02. The number of hydrogen-bond acceptors (Lipinski definition) is 6. The zero-order chi connectivity index (χ0) is 21.6. The summed E-state index contributed by atoms with van der Waals surface area (Å²) in [6, 6.07) is 9.15. The zero-order valence-corrected chi connectivity index (χ0v) is 17.8. The molecule has 1 atom stereocenters. The second-order valence-corrected chi connectivity index (χ2v) is 8.24. The second kappa shape index (κ2) is 9.91. The fourth-order valence-electron chi connectivity index (χ4n) is 2.85. The van der Waals surface area contributed by atoms with E-state index in [1.54, 1.807) is 6.07 Å². The maximum atomic E-state index is 13.4. The summed E-state index contributed by atoms with van der Waals surface area (Å²) in [5.74, 6) is 0.639. The maximum absolute atomic E-state index is 13.4. The fraction of sp³-hybridized carbons (Fsp3) is 0.400. The van der Waals surface area contributed by atoms with Gasteiger partial charge in [0.1, 0.15) is 23.1 Å². The Kier molecular flexibility index (Phi) is 7.83. The molecule has 29 heavy (non-hydrogen) atoms. The Labute approximate surface area is 171 Å². The molecule has 2 aromatic rings. The number of halogens is 1. The van der Waals surface area contributed by atoms with Crippen molar-refractivity contribution < 1.29 is 27.0 Å². The van der Waals surface area contributed by atoms with Gasteiger partial charge >= 0.3 is 0 Å². The Bertz CT molecular complexity index is 936. The molecule has 7 nitrogen and oxygen atoms in total. The molecule has 2 rings (SSSR count). The van der Waals surface area contributed by atoms with E-state index < -0.39 is 15.8 Å². The van der Waals surface area contributed by atoms with Crippen LogP contribution in [0.1, 0.15) is 12.5 Å². The molecule has 0 aromatic heterocycles. The van der Waals surface area contributed by atoms with Gasteiger partial charge in [-0.1, -0.05) is 6.07 Å². The number of benzene rings is 2. The van der Waals surface area contributed by atoms with Gasteiger partial charge in [0.2, 0.25) is 10.0 Å². The van der Waals surface area contributed by atoms with Crippen LogP contribution in [0.25, 0.3) is 0 Å². The third kappa shape index (κ3) is 6.31. The summed E-state index contributed by atoms with van der Waals surface area (Å²) in [6.07, 6.45) is 0.603. The third-order valence-corrected chi connectivity index (χ3v) is 5.58. The first-order chi connectivity index (χ1) is 13.7. The minimum absolute atomic E-state index is 0.0334. The average molecular weight is 427 g/mol. The number of sulfonamides is 1. The van der Waals surface area contributed by atoms with Crippen molar-refractivity contribution in [2.75, 3.05) is 34.4 Å². The normalized spacial score (nSPS) is 12.7. The van der Waals surface area contributed by atoms with Gasteiger partial charge in [0.25, 0.3) is 0 Å². The first-order valence-corrected chi connectivity index (χ1v) is 10.6. The summed E-state index contributed by atoms with van der Waals surface area (Å²) in [6.45, 7) is 2.94. The summed E-state index contributed by atoms with van der Waals surface area (Å²) in [5, 5.41) is 5.28. The van der Waals surface area contributed by atoms with Gasteiger partial charge in [-0.15, -0.1) is 0 Å². The standard InChI is InChI=1S/C20H27FN2O5S/c1-14(11-15-5-7-18(27-4)20(12-15)29(22,24)25)23(2)9-10-28-19-13-16(21)6-8-17(19)26-3/h5-8,12-14H,9-11H2,1-4H3,(H2,22,24,25). The number of hydrogen-bond donors (Lipinski definition) is 1. The van der Waals surface area contributed by atoms with Gasteiger partial charge in [-0.05, 0) is 50.2 Å². The van der Waals surface area contributed by atoms with Gasteiger partial charge in [0, 0.05) is 18.7 Å². The van der Waals surface area contributed by atoms with E-state index in [0.29, 0.717) is 31.1 Å². The van der Waals surface area contributed by atoms with E-state index in [0.717, 1.165) is 5.56 Å². The molecule has 2 N–H and O–H groups in total. The predicted octanol–water partition coefficient (Wildman–Crippen LogP) is 2.43. The van der Waals surface area contributed by atoms with E-state index in [1.807, 2.05) is 20.0 Å². The van der Waals surface area contributed by atoms with Crippen molar-refractivity contribution in [1.29, 1.82) is 0 Å². The molecule has 0 saturated heterocycles. The van der Waals surface area contributed by atoms with Gasteiger partial charge in [-0.3, -0.25) is 4.90 Å². The maximum Gasteiger partial charge on any atom is 0.241 e. The average Bonchev–Trinajstić information content (AvgIpc) is 2.67. The Balaban J connectivity index is 1.97. The highest BCUT2D eigenvalue weighted by atomic mass is 32.2. The van der Waals surface area contributed by atoms with Crippen LogP contribution in [0.4, 0.5) is 4.39 Å². The molecule has 0 spiro atoms. The Hall–Kier alpha value is -2.36. The highest BCUT2D eigenvalue weighted by molar-refractivity contribution is 7.89. The summed E-state index contributed by atoms with van der Waals surface area (Å²) in [7, 11) is 0.947. The number of rotatable bonds is 10. The summed E-state index contributed by atoms with van der Waals surface area (Å²) < 4.78 is 52.8. The van der Waals surface area contributed by atoms with Gasteiger partial charge < -0.3 is 14.2 Å². The molecule has 9 heteroatoms. The zero-order valence-electron chi connectivity index (χ0n) is 17.0. The topological polar surface area (TPSA) is 91.1 Å². The van der Waals surface area contributed by atoms with Crippen LogP contribution in [-0.4, -0.2) is 53.8 Å². The van der Waals surface area contributed by atoms with E-state index >= 15 is 0 Å². The van der Waals surface area contributed by atoms with E-state index in [2.05, 4.69) is 4.90 Å². The van der Waals surface area contributed by atoms with Crippen LogP contribution in [0.5, 0.6) is 17.2 Å². The van der Waals surface area contributed by atoms with E-state index in [4.69, 9.17) is 19.3 Å². The fourth-order valence-corrected chi connectivity index (χ4v) is 3.60. The van der Waals surface area contributed by atoms with E-state index in [-0.39, 0.29) is 16.7 Å². The van der Waals surface area contributed by atoms with Crippen molar-refractivity contribution in [2.45, 2.75) is 24.3 Å². The summed E-state index contributed by atoms with van der Waals surface area (Å²) in [4.78, 5) is 2.03. The minimum Gasteiger partial charge on any atom is -0.495 e. The molecule has 0 heterocycles. The van der Waals surface area contributed by atoms with E-state index in [1.165, 1.54) is 38.5 Å². The summed E-state index contributed by atoms with van der Waals surface area (Å²) >= 11 is 0. The lowest BCUT2D eigenvalue weighted by molar-refractivity contribution is 0.195. The molecule has 160 valence electrons. The molecule has 0 aliphatic heterocycles. The monoisotopic (exact) mass is 426 g/mol. The lowest BCUT2D eigenvalue weighted by Crippen LogP contribution is -2.34. The van der Waals surface area contributed by atoms with Crippen LogP contribution >= 0.6 is 0 Å². The Morgan fingerprint density at radius 3 is 2.34 bits per heavy atom. The van der Waals surface area contributed by atoms with Gasteiger partial charge in [0.05, 0.1) is 14.2 Å². The smallest absolute Gasteiger partial charge is 0.241 e. The molecule has 0 radical (unpaired) electrons. The van der Waals surface area contributed by atoms with Crippen molar-refractivity contribution >= 4 is 10.0 Å². The first kappa shape index (κ1) is 22.9. The van der Waals surface area contributed by atoms with Crippen molar-refractivity contribution in [2.24, 2.45) is 5.14 Å². The number of primary sulfonamides is 1. The molecule has 1 unspecified atom stereocenters. The lowest BCUT2D eigenvalue weighted by Gasteiger charge is -2.25. The lowest BCUT2D eigenvalue weighted by atomic mass is 10.1. The predicted molar refractivity (Wildman–Crippen MR) is 109 cm³/mol. The SMILES string of the molecule is COc1ccc(F)cc1OCCN(C)C(C)Cc1ccc(OC)c(S(N)(=O)=O)c1. The largest absolute Gasteiger partial charge is 0.495 e. The molecule has 0 saturated carbocycles. The van der Waals surface area contributed by atoms with Gasteiger partial charge in [-0.2, -0.15) is 0 Å². The highest BCUT2D eigenvalue weighted by Crippen LogP contribution is 2.27. The molecule has 0 aliphatic carbocycles. The van der Waals surface area contributed by atoms with Crippen LogP contribution < -0.4 is 19.3 Å². The Morgan fingerprint density at radius 2 is 1.72 bits per heavy atom. The molecule has 2 aromatic carbocycles. The molecule has 0 aliphatic rings. The molecular formula is C20H27FN2O5S. The summed E-state index contributed by atoms with van der Waals surface area (Å²) in [5.41, 5.74) is 0.821.